The molecular formula is C23H29N5O2S. The number of piperidine rings is 1. The Bertz CT molecular complexity index is 1130. The van der Waals surface area contributed by atoms with E-state index in [1.807, 2.05) is 17.9 Å². The minimum absolute atomic E-state index is 0.000942. The molecule has 0 bridgehead atoms. The molecule has 0 spiro atoms. The molecular weight excluding hydrogens is 410 g/mol. The molecule has 164 valence electrons. The zero-order valence-electron chi connectivity index (χ0n) is 18.0. The molecule has 0 aromatic carbocycles. The van der Waals surface area contributed by atoms with Gasteiger partial charge < -0.3 is 4.90 Å². The summed E-state index contributed by atoms with van der Waals surface area (Å²) < 4.78 is 1.58. The number of hydrogen-bond acceptors (Lipinski definition) is 5. The fourth-order valence-corrected chi connectivity index (χ4v) is 5.57. The van der Waals surface area contributed by atoms with Crippen molar-refractivity contribution in [3.63, 3.8) is 0 Å². The molecule has 8 heteroatoms. The van der Waals surface area contributed by atoms with E-state index in [0.717, 1.165) is 68.7 Å². The molecule has 1 unspecified atom stereocenters. The molecule has 5 heterocycles. The summed E-state index contributed by atoms with van der Waals surface area (Å²) in [5.74, 6) is 0.203. The number of aromatic nitrogens is 3. The highest BCUT2D eigenvalue weighted by molar-refractivity contribution is 7.07. The third kappa shape index (κ3) is 3.94. The second-order valence-electron chi connectivity index (χ2n) is 8.69. The Kier molecular flexibility index (Phi) is 5.67. The highest BCUT2D eigenvalue weighted by Crippen LogP contribution is 2.31. The average Bonchev–Trinajstić information content (AvgIpc) is 3.44. The van der Waals surface area contributed by atoms with E-state index in [1.54, 1.807) is 15.9 Å². The maximum absolute atomic E-state index is 13.3. The molecule has 1 amide bonds. The lowest BCUT2D eigenvalue weighted by molar-refractivity contribution is -0.135. The van der Waals surface area contributed by atoms with Crippen molar-refractivity contribution in [1.29, 1.82) is 0 Å². The minimum Gasteiger partial charge on any atom is -0.334 e. The Morgan fingerprint density at radius 2 is 2.23 bits per heavy atom. The maximum atomic E-state index is 13.3. The van der Waals surface area contributed by atoms with Gasteiger partial charge in [-0.15, -0.1) is 0 Å². The molecule has 5 rings (SSSR count). The monoisotopic (exact) mass is 439 g/mol. The Morgan fingerprint density at radius 1 is 1.32 bits per heavy atom. The van der Waals surface area contributed by atoms with Crippen LogP contribution >= 0.6 is 11.3 Å². The standard InChI is InChI=1S/C23H29N5O2S/c1-2-5-22(29)27-9-4-3-6-20(27)19-12-21-24-18-7-10-26(13-16-8-11-31-15-16)14-17(18)23(30)28(21)25-19/h8,11-12,15,20,25H,2-7,9-10,13-14H2,1H3. The van der Waals surface area contributed by atoms with Gasteiger partial charge in [0.15, 0.2) is 5.65 Å². The van der Waals surface area contributed by atoms with Crippen LogP contribution in [0.1, 0.15) is 67.6 Å². The van der Waals surface area contributed by atoms with E-state index in [2.05, 4.69) is 26.8 Å². The van der Waals surface area contributed by atoms with Gasteiger partial charge in [-0.05, 0) is 48.1 Å². The van der Waals surface area contributed by atoms with Crippen molar-refractivity contribution in [2.45, 2.75) is 64.6 Å². The summed E-state index contributed by atoms with van der Waals surface area (Å²) in [6.07, 6.45) is 5.26. The Hall–Kier alpha value is -2.45. The van der Waals surface area contributed by atoms with Gasteiger partial charge in [-0.3, -0.25) is 19.6 Å². The summed E-state index contributed by atoms with van der Waals surface area (Å²) in [6.45, 7) is 5.21. The molecule has 1 atom stereocenters. The van der Waals surface area contributed by atoms with E-state index < -0.39 is 0 Å². The number of carbonyl (C=O) groups is 1. The smallest absolute Gasteiger partial charge is 0.277 e. The number of nitrogens with zero attached hydrogens (tertiary/aromatic N) is 4. The van der Waals surface area contributed by atoms with Gasteiger partial charge >= 0.3 is 0 Å². The number of likely N-dealkylation sites (tertiary alicyclic amines) is 1. The maximum Gasteiger partial charge on any atom is 0.277 e. The zero-order valence-corrected chi connectivity index (χ0v) is 18.8. The van der Waals surface area contributed by atoms with Crippen LogP contribution < -0.4 is 5.56 Å². The molecule has 0 saturated carbocycles. The Morgan fingerprint density at radius 3 is 3.03 bits per heavy atom. The summed E-state index contributed by atoms with van der Waals surface area (Å²) >= 11 is 1.70. The van der Waals surface area contributed by atoms with Crippen molar-refractivity contribution in [2.75, 3.05) is 13.1 Å². The van der Waals surface area contributed by atoms with E-state index in [4.69, 9.17) is 4.98 Å². The van der Waals surface area contributed by atoms with Crippen LogP contribution in [0.25, 0.3) is 5.65 Å². The molecule has 3 aromatic heterocycles. The first-order chi connectivity index (χ1) is 15.1. The van der Waals surface area contributed by atoms with Crippen LogP contribution in [0.3, 0.4) is 0 Å². The van der Waals surface area contributed by atoms with Crippen LogP contribution in [0.5, 0.6) is 0 Å². The van der Waals surface area contributed by atoms with Gasteiger partial charge in [-0.1, -0.05) is 6.92 Å². The van der Waals surface area contributed by atoms with Crippen LogP contribution in [0.2, 0.25) is 0 Å². The van der Waals surface area contributed by atoms with Gasteiger partial charge in [0.1, 0.15) is 0 Å². The first-order valence-corrected chi connectivity index (χ1v) is 12.2. The number of thiophene rings is 1. The molecule has 31 heavy (non-hydrogen) atoms. The van der Waals surface area contributed by atoms with E-state index >= 15 is 0 Å². The zero-order chi connectivity index (χ0) is 21.4. The second-order valence-corrected chi connectivity index (χ2v) is 9.47. The third-order valence-electron chi connectivity index (χ3n) is 6.49. The number of carbonyl (C=O) groups excluding carboxylic acids is 1. The summed E-state index contributed by atoms with van der Waals surface area (Å²) in [5.41, 5.74) is 4.57. The van der Waals surface area contributed by atoms with Crippen LogP contribution in [-0.4, -0.2) is 43.4 Å². The Labute approximate surface area is 185 Å². The SMILES string of the molecule is CCCC(=O)N1CCCCC1c1cc2nc3c(c(=O)n2[nH]1)CN(Cc1ccsc1)CC3. The van der Waals surface area contributed by atoms with Crippen molar-refractivity contribution in [3.05, 3.63) is 55.8 Å². The second kappa shape index (κ2) is 8.59. The summed E-state index contributed by atoms with van der Waals surface area (Å²) in [6, 6.07) is 4.12. The fraction of sp³-hybridized carbons (Fsp3) is 0.522. The quantitative estimate of drug-likeness (QED) is 0.660. The van der Waals surface area contributed by atoms with Crippen molar-refractivity contribution in [1.82, 2.24) is 24.4 Å². The molecule has 1 fully saturated rings. The molecule has 0 radical (unpaired) electrons. The predicted octanol–water partition coefficient (Wildman–Crippen LogP) is 3.50. The van der Waals surface area contributed by atoms with Gasteiger partial charge in [-0.25, -0.2) is 9.50 Å². The average molecular weight is 440 g/mol. The van der Waals surface area contributed by atoms with Crippen LogP contribution in [0.15, 0.2) is 27.7 Å². The fourth-order valence-electron chi connectivity index (χ4n) is 4.91. The molecule has 0 aliphatic carbocycles. The van der Waals surface area contributed by atoms with Gasteiger partial charge in [0.25, 0.3) is 5.56 Å². The van der Waals surface area contributed by atoms with Crippen molar-refractivity contribution < 1.29 is 4.79 Å². The highest BCUT2D eigenvalue weighted by Gasteiger charge is 2.30. The Balaban J connectivity index is 1.45. The van der Waals surface area contributed by atoms with Crippen LogP contribution in [0.4, 0.5) is 0 Å². The summed E-state index contributed by atoms with van der Waals surface area (Å²) in [5, 5.41) is 7.56. The topological polar surface area (TPSA) is 73.7 Å². The van der Waals surface area contributed by atoms with E-state index in [9.17, 15) is 9.59 Å². The number of aromatic amines is 1. The van der Waals surface area contributed by atoms with E-state index in [1.165, 1.54) is 5.56 Å². The number of rotatable bonds is 5. The summed E-state index contributed by atoms with van der Waals surface area (Å²) in [4.78, 5) is 35.1. The minimum atomic E-state index is -0.0106. The first kappa shape index (κ1) is 20.5. The number of H-pyrrole nitrogens is 1. The van der Waals surface area contributed by atoms with E-state index in [-0.39, 0.29) is 17.5 Å². The highest BCUT2D eigenvalue weighted by atomic mass is 32.1. The van der Waals surface area contributed by atoms with Gasteiger partial charge in [0, 0.05) is 45.1 Å². The van der Waals surface area contributed by atoms with E-state index in [0.29, 0.717) is 18.6 Å². The predicted molar refractivity (Wildman–Crippen MR) is 121 cm³/mol. The molecule has 2 aliphatic rings. The molecule has 3 aromatic rings. The normalized spacial score (nSPS) is 19.6. The van der Waals surface area contributed by atoms with Crippen molar-refractivity contribution in [3.8, 4) is 0 Å². The van der Waals surface area contributed by atoms with Crippen molar-refractivity contribution in [2.24, 2.45) is 0 Å². The third-order valence-corrected chi connectivity index (χ3v) is 7.22. The van der Waals surface area contributed by atoms with Crippen LogP contribution in [0, 0.1) is 0 Å². The molecule has 1 saturated heterocycles. The molecule has 2 aliphatic heterocycles. The van der Waals surface area contributed by atoms with Crippen LogP contribution in [-0.2, 0) is 24.3 Å². The lowest BCUT2D eigenvalue weighted by Crippen LogP contribution is -2.38. The number of amides is 1. The molecule has 7 nitrogen and oxygen atoms in total. The lowest BCUT2D eigenvalue weighted by Gasteiger charge is -2.35. The van der Waals surface area contributed by atoms with Gasteiger partial charge in [-0.2, -0.15) is 11.3 Å². The largest absolute Gasteiger partial charge is 0.334 e. The van der Waals surface area contributed by atoms with Gasteiger partial charge in [0.2, 0.25) is 5.91 Å². The summed E-state index contributed by atoms with van der Waals surface area (Å²) in [7, 11) is 0. The van der Waals surface area contributed by atoms with Crippen molar-refractivity contribution >= 4 is 22.9 Å². The van der Waals surface area contributed by atoms with Gasteiger partial charge in [0.05, 0.1) is 23.0 Å². The number of fused-ring (bicyclic) bond motifs is 2. The first-order valence-electron chi connectivity index (χ1n) is 11.3. The number of hydrogen-bond donors (Lipinski definition) is 1. The number of nitrogens with one attached hydrogen (secondary N) is 1. The lowest BCUT2D eigenvalue weighted by atomic mass is 9.98. The molecule has 1 N–H and O–H groups in total.